The van der Waals surface area contributed by atoms with Crippen LogP contribution in [0, 0.1) is 5.92 Å². The maximum atomic E-state index is 12.6. The van der Waals surface area contributed by atoms with E-state index in [1.807, 2.05) is 12.1 Å². The number of piperidine rings is 1. The highest BCUT2D eigenvalue weighted by atomic mass is 79.9. The monoisotopic (exact) mass is 417 g/mol. The molecule has 1 amide bonds. The first-order valence-electron chi connectivity index (χ1n) is 6.94. The van der Waals surface area contributed by atoms with E-state index in [4.69, 9.17) is 4.74 Å². The fourth-order valence-electron chi connectivity index (χ4n) is 2.45. The SMILES string of the molecule is CCOC(=O)C1CCCN(C(=O)c2ccc(Br)cc2Br)C1. The summed E-state index contributed by atoms with van der Waals surface area (Å²) in [5.41, 5.74) is 0.614. The van der Waals surface area contributed by atoms with Gasteiger partial charge in [-0.25, -0.2) is 0 Å². The van der Waals surface area contributed by atoms with E-state index in [0.717, 1.165) is 21.8 Å². The van der Waals surface area contributed by atoms with Gasteiger partial charge in [-0.2, -0.15) is 0 Å². The van der Waals surface area contributed by atoms with Crippen molar-refractivity contribution in [3.8, 4) is 0 Å². The highest BCUT2D eigenvalue weighted by Gasteiger charge is 2.30. The number of likely N-dealkylation sites (tertiary alicyclic amines) is 1. The maximum absolute atomic E-state index is 12.6. The third-order valence-corrected chi connectivity index (χ3v) is 4.64. The third kappa shape index (κ3) is 4.07. The molecule has 21 heavy (non-hydrogen) atoms. The Morgan fingerprint density at radius 3 is 2.81 bits per heavy atom. The van der Waals surface area contributed by atoms with E-state index in [0.29, 0.717) is 25.3 Å². The molecule has 1 saturated heterocycles. The van der Waals surface area contributed by atoms with Gasteiger partial charge in [0.2, 0.25) is 0 Å². The standard InChI is InChI=1S/C15H17Br2NO3/c1-2-21-15(20)10-4-3-7-18(9-10)14(19)12-6-5-11(16)8-13(12)17/h5-6,8,10H,2-4,7,9H2,1H3. The molecule has 1 aliphatic rings. The van der Waals surface area contributed by atoms with Gasteiger partial charge in [-0.15, -0.1) is 0 Å². The fraction of sp³-hybridized carbons (Fsp3) is 0.467. The molecule has 2 rings (SSSR count). The molecule has 1 aliphatic heterocycles. The Labute approximate surface area is 141 Å². The van der Waals surface area contributed by atoms with Crippen LogP contribution in [0.25, 0.3) is 0 Å². The second-order valence-corrected chi connectivity index (χ2v) is 6.74. The number of carbonyl (C=O) groups excluding carboxylic acids is 2. The third-order valence-electron chi connectivity index (χ3n) is 3.49. The Balaban J connectivity index is 2.10. The molecule has 0 aliphatic carbocycles. The first kappa shape index (κ1) is 16.5. The van der Waals surface area contributed by atoms with Crippen LogP contribution in [-0.4, -0.2) is 36.5 Å². The van der Waals surface area contributed by atoms with E-state index in [-0.39, 0.29) is 17.8 Å². The largest absolute Gasteiger partial charge is 0.466 e. The van der Waals surface area contributed by atoms with Gasteiger partial charge in [0.05, 0.1) is 18.1 Å². The zero-order chi connectivity index (χ0) is 15.4. The van der Waals surface area contributed by atoms with Gasteiger partial charge in [0.25, 0.3) is 5.91 Å². The van der Waals surface area contributed by atoms with E-state index in [2.05, 4.69) is 31.9 Å². The van der Waals surface area contributed by atoms with Gasteiger partial charge in [0.15, 0.2) is 0 Å². The number of nitrogens with zero attached hydrogens (tertiary/aromatic N) is 1. The number of carbonyl (C=O) groups is 2. The summed E-state index contributed by atoms with van der Waals surface area (Å²) in [6.45, 7) is 3.28. The molecule has 0 spiro atoms. The number of hydrogen-bond acceptors (Lipinski definition) is 3. The normalized spacial score (nSPS) is 18.4. The summed E-state index contributed by atoms with van der Waals surface area (Å²) in [6.07, 6.45) is 1.60. The van der Waals surface area contributed by atoms with Crippen molar-refractivity contribution in [2.45, 2.75) is 19.8 Å². The van der Waals surface area contributed by atoms with E-state index in [1.165, 1.54) is 0 Å². The molecule has 1 heterocycles. The van der Waals surface area contributed by atoms with Crippen LogP contribution in [0.5, 0.6) is 0 Å². The van der Waals surface area contributed by atoms with Gasteiger partial charge < -0.3 is 9.64 Å². The summed E-state index contributed by atoms with van der Waals surface area (Å²) in [6, 6.07) is 5.47. The van der Waals surface area contributed by atoms with Crippen molar-refractivity contribution >= 4 is 43.7 Å². The highest BCUT2D eigenvalue weighted by molar-refractivity contribution is 9.11. The number of hydrogen-bond donors (Lipinski definition) is 0. The van der Waals surface area contributed by atoms with Crippen LogP contribution >= 0.6 is 31.9 Å². The number of halogens is 2. The van der Waals surface area contributed by atoms with Gasteiger partial charge >= 0.3 is 5.97 Å². The average Bonchev–Trinajstić information content (AvgIpc) is 2.47. The molecular weight excluding hydrogens is 402 g/mol. The van der Waals surface area contributed by atoms with Crippen LogP contribution in [0.1, 0.15) is 30.1 Å². The molecule has 0 saturated carbocycles. The van der Waals surface area contributed by atoms with Crippen molar-refractivity contribution in [2.24, 2.45) is 5.92 Å². The lowest BCUT2D eigenvalue weighted by molar-refractivity contribution is -0.149. The lowest BCUT2D eigenvalue weighted by Gasteiger charge is -2.31. The van der Waals surface area contributed by atoms with Crippen LogP contribution in [0.3, 0.4) is 0 Å². The Hall–Kier alpha value is -0.880. The predicted octanol–water partition coefficient (Wildman–Crippen LogP) is 3.63. The molecular formula is C15H17Br2NO3. The molecule has 114 valence electrons. The Kier molecular flexibility index (Phi) is 5.81. The molecule has 6 heteroatoms. The van der Waals surface area contributed by atoms with Gasteiger partial charge in [-0.1, -0.05) is 15.9 Å². The molecule has 1 atom stereocenters. The highest BCUT2D eigenvalue weighted by Crippen LogP contribution is 2.25. The first-order chi connectivity index (χ1) is 10.0. The van der Waals surface area contributed by atoms with Gasteiger partial charge in [-0.3, -0.25) is 9.59 Å². The Bertz CT molecular complexity index is 548. The average molecular weight is 419 g/mol. The second-order valence-electron chi connectivity index (χ2n) is 4.97. The topological polar surface area (TPSA) is 46.6 Å². The summed E-state index contributed by atoms with van der Waals surface area (Å²) in [5.74, 6) is -0.467. The van der Waals surface area contributed by atoms with Gasteiger partial charge in [-0.05, 0) is 53.9 Å². The molecule has 0 N–H and O–H groups in total. The zero-order valence-electron chi connectivity index (χ0n) is 11.8. The smallest absolute Gasteiger partial charge is 0.310 e. The fourth-order valence-corrected chi connectivity index (χ4v) is 3.66. The summed E-state index contributed by atoms with van der Waals surface area (Å²) in [5, 5.41) is 0. The molecule has 1 fully saturated rings. The number of amides is 1. The van der Waals surface area contributed by atoms with Crippen molar-refractivity contribution in [3.05, 3.63) is 32.7 Å². The number of esters is 1. The quantitative estimate of drug-likeness (QED) is 0.704. The van der Waals surface area contributed by atoms with Crippen LogP contribution in [-0.2, 0) is 9.53 Å². The van der Waals surface area contributed by atoms with Crippen LogP contribution < -0.4 is 0 Å². The van der Waals surface area contributed by atoms with Crippen LogP contribution in [0.2, 0.25) is 0 Å². The summed E-state index contributed by atoms with van der Waals surface area (Å²) in [7, 11) is 0. The van der Waals surface area contributed by atoms with E-state index < -0.39 is 0 Å². The second kappa shape index (κ2) is 7.40. The zero-order valence-corrected chi connectivity index (χ0v) is 14.9. The van der Waals surface area contributed by atoms with Gasteiger partial charge in [0.1, 0.15) is 0 Å². The lowest BCUT2D eigenvalue weighted by Crippen LogP contribution is -2.42. The number of ether oxygens (including phenoxy) is 1. The van der Waals surface area contributed by atoms with Crippen molar-refractivity contribution in [1.82, 2.24) is 4.90 Å². The Morgan fingerprint density at radius 1 is 1.38 bits per heavy atom. The van der Waals surface area contributed by atoms with E-state index >= 15 is 0 Å². The summed E-state index contributed by atoms with van der Waals surface area (Å²) in [4.78, 5) is 26.2. The molecule has 4 nitrogen and oxygen atoms in total. The van der Waals surface area contributed by atoms with Crippen molar-refractivity contribution in [2.75, 3.05) is 19.7 Å². The lowest BCUT2D eigenvalue weighted by atomic mass is 9.97. The maximum Gasteiger partial charge on any atom is 0.310 e. The molecule has 0 aromatic heterocycles. The van der Waals surface area contributed by atoms with Crippen LogP contribution in [0.4, 0.5) is 0 Å². The van der Waals surface area contributed by atoms with Gasteiger partial charge in [0, 0.05) is 22.0 Å². The van der Waals surface area contributed by atoms with E-state index in [9.17, 15) is 9.59 Å². The van der Waals surface area contributed by atoms with Crippen molar-refractivity contribution < 1.29 is 14.3 Å². The molecule has 0 bridgehead atoms. The minimum Gasteiger partial charge on any atom is -0.466 e. The summed E-state index contributed by atoms with van der Waals surface area (Å²) >= 11 is 6.79. The molecule has 1 aromatic carbocycles. The van der Waals surface area contributed by atoms with Crippen LogP contribution in [0.15, 0.2) is 27.1 Å². The number of benzene rings is 1. The minimum absolute atomic E-state index is 0.0524. The molecule has 0 radical (unpaired) electrons. The van der Waals surface area contributed by atoms with Crippen molar-refractivity contribution in [3.63, 3.8) is 0 Å². The minimum atomic E-state index is -0.211. The molecule has 1 aromatic rings. The first-order valence-corrected chi connectivity index (χ1v) is 8.52. The van der Waals surface area contributed by atoms with Crippen molar-refractivity contribution in [1.29, 1.82) is 0 Å². The van der Waals surface area contributed by atoms with E-state index in [1.54, 1.807) is 17.9 Å². The Morgan fingerprint density at radius 2 is 2.14 bits per heavy atom. The summed E-state index contributed by atoms with van der Waals surface area (Å²) < 4.78 is 6.72. The predicted molar refractivity (Wildman–Crippen MR) is 87.1 cm³/mol. The molecule has 1 unspecified atom stereocenters. The number of rotatable bonds is 3.